The summed E-state index contributed by atoms with van der Waals surface area (Å²) in [5.41, 5.74) is 2.84. The second-order valence-corrected chi connectivity index (χ2v) is 11.1. The normalized spacial score (nSPS) is 18.0. The third-order valence-electron chi connectivity index (χ3n) is 7.15. The Balaban J connectivity index is 1.29. The first-order valence-electron chi connectivity index (χ1n) is 14.1. The predicted octanol–water partition coefficient (Wildman–Crippen LogP) is 5.16. The van der Waals surface area contributed by atoms with Gasteiger partial charge in [-0.2, -0.15) is 5.26 Å². The van der Waals surface area contributed by atoms with Gasteiger partial charge in [0.2, 0.25) is 5.95 Å². The van der Waals surface area contributed by atoms with Crippen molar-refractivity contribution in [2.75, 3.05) is 30.5 Å². The van der Waals surface area contributed by atoms with E-state index >= 15 is 0 Å². The number of carbonyl (C=O) groups is 1. The lowest BCUT2D eigenvalue weighted by Gasteiger charge is -2.36. The van der Waals surface area contributed by atoms with Crippen LogP contribution in [0.1, 0.15) is 50.8 Å². The summed E-state index contributed by atoms with van der Waals surface area (Å²) >= 11 is 6.28. The van der Waals surface area contributed by atoms with Crippen LogP contribution in [0.3, 0.4) is 0 Å². The first-order chi connectivity index (χ1) is 20.9. The third-order valence-corrected chi connectivity index (χ3v) is 7.48. The zero-order chi connectivity index (χ0) is 30.3. The molecule has 0 bridgehead atoms. The van der Waals surface area contributed by atoms with Crippen LogP contribution in [0.2, 0.25) is 0 Å². The molecule has 0 aromatic carbocycles. The molecule has 1 aliphatic heterocycles. The maximum absolute atomic E-state index is 13.3. The zero-order valence-corrected chi connectivity index (χ0v) is 25.0. The van der Waals surface area contributed by atoms with E-state index in [2.05, 4.69) is 41.3 Å². The van der Waals surface area contributed by atoms with Gasteiger partial charge < -0.3 is 14.8 Å². The van der Waals surface area contributed by atoms with Crippen LogP contribution in [0.25, 0.3) is 11.1 Å². The molecule has 0 radical (unpaired) electrons. The number of halogens is 1. The summed E-state index contributed by atoms with van der Waals surface area (Å²) < 4.78 is 10.7. The minimum atomic E-state index is -0.416. The Labute approximate surface area is 254 Å². The fourth-order valence-electron chi connectivity index (χ4n) is 4.96. The largest absolute Gasteiger partial charge is 0.467 e. The van der Waals surface area contributed by atoms with Gasteiger partial charge in [0, 0.05) is 41.8 Å². The molecule has 222 valence electrons. The van der Waals surface area contributed by atoms with Crippen molar-refractivity contribution in [1.29, 1.82) is 5.26 Å². The molecule has 0 unspecified atom stereocenters. The maximum Gasteiger partial charge on any atom is 0.415 e. The molecule has 0 atom stereocenters. The Morgan fingerprint density at radius 3 is 2.44 bits per heavy atom. The standard InChI is InChI=1S/C30H32ClN9O3/c1-18(2)17-43-30(41)40(25-9-4-19(13-34-25)21-15-36-29(42-3)37-16-21)23-7-5-22(6-8-23)38-28-35-14-20(12-32)26(39-28)27-24(31)10-11-33-27/h4,9-10,13-16,18,22-23H,5-8,11,17H2,1-3H3,(H,35,38,39). The van der Waals surface area contributed by atoms with Crippen LogP contribution >= 0.6 is 11.6 Å². The fraction of sp³-hybridized carbons (Fsp3) is 0.400. The number of rotatable bonds is 9. The van der Waals surface area contributed by atoms with Crippen molar-refractivity contribution in [2.45, 2.75) is 51.6 Å². The van der Waals surface area contributed by atoms with Gasteiger partial charge in [-0.25, -0.2) is 29.7 Å². The van der Waals surface area contributed by atoms with E-state index in [0.29, 0.717) is 59.8 Å². The van der Waals surface area contributed by atoms with Crippen LogP contribution in [0.15, 0.2) is 53.0 Å². The van der Waals surface area contributed by atoms with Gasteiger partial charge in [-0.05, 0) is 49.8 Å². The second-order valence-electron chi connectivity index (χ2n) is 10.7. The highest BCUT2D eigenvalue weighted by Crippen LogP contribution is 2.30. The Hall–Kier alpha value is -4.63. The monoisotopic (exact) mass is 601 g/mol. The van der Waals surface area contributed by atoms with E-state index in [1.165, 1.54) is 13.3 Å². The molecule has 12 nitrogen and oxygen atoms in total. The summed E-state index contributed by atoms with van der Waals surface area (Å²) in [6, 6.07) is 6.08. The topological polar surface area (TPSA) is 151 Å². The molecule has 3 aromatic heterocycles. The average molecular weight is 602 g/mol. The molecular formula is C30H32ClN9O3. The van der Waals surface area contributed by atoms with Crippen molar-refractivity contribution >= 4 is 35.2 Å². The van der Waals surface area contributed by atoms with Gasteiger partial charge in [-0.15, -0.1) is 0 Å². The van der Waals surface area contributed by atoms with E-state index in [9.17, 15) is 10.1 Å². The molecule has 13 heteroatoms. The van der Waals surface area contributed by atoms with Crippen molar-refractivity contribution in [3.63, 3.8) is 0 Å². The average Bonchev–Trinajstić information content (AvgIpc) is 3.47. The fourth-order valence-corrected chi connectivity index (χ4v) is 5.18. The van der Waals surface area contributed by atoms with Crippen LogP contribution in [-0.4, -0.2) is 69.1 Å². The van der Waals surface area contributed by atoms with Crippen LogP contribution in [0, 0.1) is 17.2 Å². The van der Waals surface area contributed by atoms with Gasteiger partial charge in [0.05, 0.1) is 37.1 Å². The van der Waals surface area contributed by atoms with Gasteiger partial charge in [0.15, 0.2) is 0 Å². The molecule has 1 fully saturated rings. The molecule has 1 amide bonds. The molecule has 3 aromatic rings. The number of allylic oxidation sites excluding steroid dienone is 1. The number of nitrogens with one attached hydrogen (secondary N) is 1. The van der Waals surface area contributed by atoms with E-state index < -0.39 is 6.09 Å². The molecule has 5 rings (SSSR count). The van der Waals surface area contributed by atoms with E-state index in [1.54, 1.807) is 29.6 Å². The molecule has 0 saturated heterocycles. The minimum Gasteiger partial charge on any atom is -0.467 e. The number of anilines is 2. The summed E-state index contributed by atoms with van der Waals surface area (Å²) in [6.07, 6.45) is 10.8. The summed E-state index contributed by atoms with van der Waals surface area (Å²) in [5.74, 6) is 1.13. The number of hydrogen-bond acceptors (Lipinski definition) is 11. The molecular weight excluding hydrogens is 570 g/mol. The zero-order valence-electron chi connectivity index (χ0n) is 24.2. The first kappa shape index (κ1) is 29.8. The lowest BCUT2D eigenvalue weighted by molar-refractivity contribution is 0.135. The van der Waals surface area contributed by atoms with Gasteiger partial charge in [0.25, 0.3) is 0 Å². The molecule has 4 heterocycles. The SMILES string of the molecule is COc1ncc(-c2ccc(N(C(=O)OCC(C)C)C3CCC(Nc4ncc(C#N)c(C5=NCC=C5Cl)n4)CC3)nc2)cn1. The molecule has 1 N–H and O–H groups in total. The van der Waals surface area contributed by atoms with E-state index in [-0.39, 0.29) is 24.0 Å². The lowest BCUT2D eigenvalue weighted by atomic mass is 9.90. The number of ether oxygens (including phenoxy) is 2. The molecule has 1 saturated carbocycles. The number of amides is 1. The Bertz CT molecular complexity index is 1540. The third kappa shape index (κ3) is 7.06. The number of carbonyl (C=O) groups excluding carboxylic acids is 1. The Kier molecular flexibility index (Phi) is 9.41. The van der Waals surface area contributed by atoms with E-state index in [0.717, 1.165) is 24.0 Å². The van der Waals surface area contributed by atoms with Crippen molar-refractivity contribution < 1.29 is 14.3 Å². The maximum atomic E-state index is 13.3. The van der Waals surface area contributed by atoms with Gasteiger partial charge in [-0.1, -0.05) is 25.4 Å². The van der Waals surface area contributed by atoms with Crippen molar-refractivity contribution in [2.24, 2.45) is 10.9 Å². The summed E-state index contributed by atoms with van der Waals surface area (Å²) in [6.45, 7) is 4.77. The highest BCUT2D eigenvalue weighted by molar-refractivity contribution is 6.46. The summed E-state index contributed by atoms with van der Waals surface area (Å²) in [7, 11) is 1.51. The number of pyridine rings is 1. The lowest BCUT2D eigenvalue weighted by Crippen LogP contribution is -2.45. The highest BCUT2D eigenvalue weighted by Gasteiger charge is 2.32. The van der Waals surface area contributed by atoms with Crippen LogP contribution < -0.4 is 15.0 Å². The second kappa shape index (κ2) is 13.6. The quantitative estimate of drug-likeness (QED) is 0.348. The predicted molar refractivity (Wildman–Crippen MR) is 162 cm³/mol. The highest BCUT2D eigenvalue weighted by atomic mass is 35.5. The number of methoxy groups -OCH3 is 1. The van der Waals surface area contributed by atoms with Crippen LogP contribution in [-0.2, 0) is 4.74 Å². The molecule has 1 aliphatic carbocycles. The summed E-state index contributed by atoms with van der Waals surface area (Å²) in [5, 5.41) is 13.4. The number of nitrogens with zero attached hydrogens (tertiary/aromatic N) is 8. The van der Waals surface area contributed by atoms with Crippen LogP contribution in [0.4, 0.5) is 16.6 Å². The van der Waals surface area contributed by atoms with Crippen LogP contribution in [0.5, 0.6) is 6.01 Å². The number of hydrogen-bond donors (Lipinski definition) is 1. The molecule has 0 spiro atoms. The summed E-state index contributed by atoms with van der Waals surface area (Å²) in [4.78, 5) is 41.2. The van der Waals surface area contributed by atoms with Crippen molar-refractivity contribution in [3.05, 3.63) is 59.3 Å². The molecule has 43 heavy (non-hydrogen) atoms. The van der Waals surface area contributed by atoms with Crippen molar-refractivity contribution in [1.82, 2.24) is 24.9 Å². The minimum absolute atomic E-state index is 0.0764. The first-order valence-corrected chi connectivity index (χ1v) is 14.5. The number of aliphatic imine (C=N–C) groups is 1. The van der Waals surface area contributed by atoms with E-state index in [1.807, 2.05) is 26.0 Å². The smallest absolute Gasteiger partial charge is 0.415 e. The van der Waals surface area contributed by atoms with Gasteiger partial charge >= 0.3 is 12.1 Å². The van der Waals surface area contributed by atoms with Crippen molar-refractivity contribution in [3.8, 4) is 23.2 Å². The van der Waals surface area contributed by atoms with Gasteiger partial charge in [0.1, 0.15) is 23.3 Å². The number of nitriles is 1. The van der Waals surface area contributed by atoms with E-state index in [4.69, 9.17) is 21.1 Å². The number of aromatic nitrogens is 5. The van der Waals surface area contributed by atoms with Gasteiger partial charge in [-0.3, -0.25) is 9.89 Å². The molecule has 2 aliphatic rings. The Morgan fingerprint density at radius 1 is 1.09 bits per heavy atom. The Morgan fingerprint density at radius 2 is 1.84 bits per heavy atom.